The largest absolute Gasteiger partial charge is 0.495 e. The van der Waals surface area contributed by atoms with Gasteiger partial charge in [0.15, 0.2) is 0 Å². The van der Waals surface area contributed by atoms with Gasteiger partial charge in [-0.05, 0) is 80.6 Å². The van der Waals surface area contributed by atoms with Gasteiger partial charge >= 0.3 is 0 Å². The Labute approximate surface area is 186 Å². The van der Waals surface area contributed by atoms with Crippen LogP contribution in [-0.2, 0) is 10.0 Å². The van der Waals surface area contributed by atoms with Gasteiger partial charge in [-0.3, -0.25) is 9.52 Å². The number of benzene rings is 3. The van der Waals surface area contributed by atoms with Crippen LogP contribution in [0.25, 0.3) is 0 Å². The maximum Gasteiger partial charge on any atom is 0.262 e. The van der Waals surface area contributed by atoms with Crippen molar-refractivity contribution in [2.75, 3.05) is 17.1 Å². The second-order valence-corrected chi connectivity index (χ2v) is 8.80. The molecule has 0 saturated carbocycles. The minimum atomic E-state index is -4.00. The van der Waals surface area contributed by atoms with E-state index in [0.29, 0.717) is 17.0 Å². The predicted octanol–water partition coefficient (Wildman–Crippen LogP) is 4.67. The zero-order chi connectivity index (χ0) is 23.3. The summed E-state index contributed by atoms with van der Waals surface area (Å²) in [7, 11) is -2.61. The number of hydrogen-bond acceptors (Lipinski definition) is 5. The quantitative estimate of drug-likeness (QED) is 0.511. The number of anilines is 2. The van der Waals surface area contributed by atoms with Gasteiger partial charge in [-0.25, -0.2) is 12.8 Å². The summed E-state index contributed by atoms with van der Waals surface area (Å²) < 4.78 is 51.6. The average molecular weight is 459 g/mol. The van der Waals surface area contributed by atoms with Crippen molar-refractivity contribution in [2.24, 2.45) is 0 Å². The smallest absolute Gasteiger partial charge is 0.262 e. The highest BCUT2D eigenvalue weighted by Gasteiger charge is 2.18. The number of ether oxygens (including phenoxy) is 2. The van der Waals surface area contributed by atoms with Crippen LogP contribution in [0.5, 0.6) is 11.5 Å². The Morgan fingerprint density at radius 1 is 0.969 bits per heavy atom. The number of nitrogens with one attached hydrogen (secondary N) is 2. The Bertz CT molecular complexity index is 1190. The Balaban J connectivity index is 1.80. The summed E-state index contributed by atoms with van der Waals surface area (Å²) in [6, 6.07) is 15.6. The third-order valence-corrected chi connectivity index (χ3v) is 5.70. The van der Waals surface area contributed by atoms with Gasteiger partial charge in [0.1, 0.15) is 17.3 Å². The summed E-state index contributed by atoms with van der Waals surface area (Å²) in [5.74, 6) is -0.0176. The first-order chi connectivity index (χ1) is 15.2. The van der Waals surface area contributed by atoms with Gasteiger partial charge in [0.05, 0.1) is 23.8 Å². The summed E-state index contributed by atoms with van der Waals surface area (Å²) in [5.41, 5.74) is 0.885. The van der Waals surface area contributed by atoms with E-state index in [4.69, 9.17) is 9.47 Å². The van der Waals surface area contributed by atoms with E-state index in [1.165, 1.54) is 19.2 Å². The van der Waals surface area contributed by atoms with Crippen molar-refractivity contribution in [2.45, 2.75) is 24.8 Å². The normalized spacial score (nSPS) is 11.2. The molecule has 9 heteroatoms. The minimum absolute atomic E-state index is 0.0195. The van der Waals surface area contributed by atoms with E-state index in [2.05, 4.69) is 10.0 Å². The zero-order valence-corrected chi connectivity index (χ0v) is 18.6. The molecule has 0 saturated heterocycles. The van der Waals surface area contributed by atoms with Crippen LogP contribution in [0.2, 0.25) is 0 Å². The number of carbonyl (C=O) groups excluding carboxylic acids is 1. The lowest BCUT2D eigenvalue weighted by atomic mass is 10.2. The van der Waals surface area contributed by atoms with Gasteiger partial charge in [0.2, 0.25) is 0 Å². The highest BCUT2D eigenvalue weighted by Crippen LogP contribution is 2.30. The van der Waals surface area contributed by atoms with Gasteiger partial charge in [-0.1, -0.05) is 0 Å². The lowest BCUT2D eigenvalue weighted by molar-refractivity contribution is 0.102. The summed E-state index contributed by atoms with van der Waals surface area (Å²) in [5, 5.41) is 2.72. The molecule has 0 spiro atoms. The number of carbonyl (C=O) groups is 1. The van der Waals surface area contributed by atoms with Crippen LogP contribution < -0.4 is 19.5 Å². The van der Waals surface area contributed by atoms with Gasteiger partial charge in [0, 0.05) is 11.3 Å². The molecule has 3 rings (SSSR count). The number of rotatable bonds is 8. The van der Waals surface area contributed by atoms with Gasteiger partial charge in [-0.2, -0.15) is 0 Å². The monoisotopic (exact) mass is 458 g/mol. The number of sulfonamides is 1. The first-order valence-electron chi connectivity index (χ1n) is 9.72. The first kappa shape index (κ1) is 23.1. The van der Waals surface area contributed by atoms with Crippen molar-refractivity contribution in [1.82, 2.24) is 0 Å². The third-order valence-electron chi connectivity index (χ3n) is 4.31. The van der Waals surface area contributed by atoms with E-state index < -0.39 is 15.8 Å². The number of amides is 1. The maximum atomic E-state index is 13.1. The van der Waals surface area contributed by atoms with E-state index in [9.17, 15) is 17.6 Å². The Morgan fingerprint density at radius 3 is 2.22 bits per heavy atom. The van der Waals surface area contributed by atoms with Crippen LogP contribution >= 0.6 is 0 Å². The summed E-state index contributed by atoms with van der Waals surface area (Å²) in [6.07, 6.45) is 0.0195. The van der Waals surface area contributed by atoms with Crippen LogP contribution in [0.15, 0.2) is 71.6 Å². The molecule has 3 aromatic carbocycles. The first-order valence-corrected chi connectivity index (χ1v) is 11.2. The fourth-order valence-electron chi connectivity index (χ4n) is 2.84. The second-order valence-electron chi connectivity index (χ2n) is 7.12. The zero-order valence-electron chi connectivity index (χ0n) is 17.8. The molecule has 0 aromatic heterocycles. The molecule has 0 heterocycles. The van der Waals surface area contributed by atoms with Crippen molar-refractivity contribution >= 4 is 27.3 Å². The highest BCUT2D eigenvalue weighted by atomic mass is 32.2. The molecule has 7 nitrogen and oxygen atoms in total. The molecule has 0 aliphatic heterocycles. The van der Waals surface area contributed by atoms with E-state index in [0.717, 1.165) is 24.3 Å². The Kier molecular flexibility index (Phi) is 6.99. The second kappa shape index (κ2) is 9.69. The molecule has 0 aliphatic carbocycles. The average Bonchev–Trinajstić information content (AvgIpc) is 2.74. The molecule has 0 radical (unpaired) electrons. The Morgan fingerprint density at radius 2 is 1.62 bits per heavy atom. The SMILES string of the molecule is COc1ccc(NC(=O)c2ccc(OC(C)C)cc2)cc1NS(=O)(=O)c1ccc(F)cc1. The molecular formula is C23H23FN2O5S. The van der Waals surface area contributed by atoms with Crippen LogP contribution in [-0.4, -0.2) is 27.5 Å². The fourth-order valence-corrected chi connectivity index (χ4v) is 3.90. The summed E-state index contributed by atoms with van der Waals surface area (Å²) >= 11 is 0. The summed E-state index contributed by atoms with van der Waals surface area (Å²) in [4.78, 5) is 12.5. The number of methoxy groups -OCH3 is 1. The van der Waals surface area contributed by atoms with Crippen molar-refractivity contribution in [3.8, 4) is 11.5 Å². The molecule has 3 aromatic rings. The molecule has 32 heavy (non-hydrogen) atoms. The van der Waals surface area contributed by atoms with E-state index >= 15 is 0 Å². The minimum Gasteiger partial charge on any atom is -0.495 e. The Hall–Kier alpha value is -3.59. The van der Waals surface area contributed by atoms with Gasteiger partial charge < -0.3 is 14.8 Å². The topological polar surface area (TPSA) is 93.7 Å². The molecule has 0 atom stereocenters. The molecule has 0 fully saturated rings. The van der Waals surface area contributed by atoms with Gasteiger partial charge in [-0.15, -0.1) is 0 Å². The van der Waals surface area contributed by atoms with Crippen LogP contribution in [0.1, 0.15) is 24.2 Å². The van der Waals surface area contributed by atoms with Crippen molar-refractivity contribution < 1.29 is 27.1 Å². The number of halogens is 1. The highest BCUT2D eigenvalue weighted by molar-refractivity contribution is 7.92. The fraction of sp³-hybridized carbons (Fsp3) is 0.174. The lowest BCUT2D eigenvalue weighted by Gasteiger charge is -2.14. The molecule has 0 aliphatic rings. The molecule has 168 valence electrons. The maximum absolute atomic E-state index is 13.1. The molecular weight excluding hydrogens is 435 g/mol. The molecule has 2 N–H and O–H groups in total. The summed E-state index contributed by atoms with van der Waals surface area (Å²) in [6.45, 7) is 3.82. The van der Waals surface area contributed by atoms with Crippen LogP contribution in [0, 0.1) is 5.82 Å². The predicted molar refractivity (Wildman–Crippen MR) is 120 cm³/mol. The van der Waals surface area contributed by atoms with Crippen molar-refractivity contribution in [3.05, 3.63) is 78.1 Å². The van der Waals surface area contributed by atoms with Crippen molar-refractivity contribution in [1.29, 1.82) is 0 Å². The van der Waals surface area contributed by atoms with E-state index in [1.54, 1.807) is 30.3 Å². The van der Waals surface area contributed by atoms with Crippen molar-refractivity contribution in [3.63, 3.8) is 0 Å². The lowest BCUT2D eigenvalue weighted by Crippen LogP contribution is -2.15. The van der Waals surface area contributed by atoms with Gasteiger partial charge in [0.25, 0.3) is 15.9 Å². The molecule has 1 amide bonds. The van der Waals surface area contributed by atoms with Crippen LogP contribution in [0.3, 0.4) is 0 Å². The third kappa shape index (κ3) is 5.76. The standard InChI is InChI=1S/C23H23FN2O5S/c1-15(2)31-19-9-4-16(5-10-19)23(27)25-18-8-13-22(30-3)21(14-18)26-32(28,29)20-11-6-17(24)7-12-20/h4-15,26H,1-3H3,(H,25,27). The van der Waals surface area contributed by atoms with Crippen LogP contribution in [0.4, 0.5) is 15.8 Å². The van der Waals surface area contributed by atoms with E-state index in [1.807, 2.05) is 13.8 Å². The molecule has 0 bridgehead atoms. The number of hydrogen-bond donors (Lipinski definition) is 2. The molecule has 0 unspecified atom stereocenters. The van der Waals surface area contributed by atoms with E-state index in [-0.39, 0.29) is 28.3 Å².